The first-order valence-electron chi connectivity index (χ1n) is 3.63. The quantitative estimate of drug-likeness (QED) is 0.631. The van der Waals surface area contributed by atoms with E-state index in [0.29, 0.717) is 0 Å². The van der Waals surface area contributed by atoms with Crippen LogP contribution in [-0.2, 0) is 4.79 Å². The van der Waals surface area contributed by atoms with Crippen LogP contribution in [-0.4, -0.2) is 22.9 Å². The SMILES string of the molecule is O=C(Cl)C(F)C1CCSCC1. The maximum Gasteiger partial charge on any atom is 0.256 e. The molecule has 11 heavy (non-hydrogen) atoms. The molecule has 0 N–H and O–H groups in total. The second-order valence-electron chi connectivity index (χ2n) is 2.66. The molecule has 64 valence electrons. The van der Waals surface area contributed by atoms with Crippen LogP contribution in [0, 0.1) is 5.92 Å². The molecule has 0 aromatic rings. The number of rotatable bonds is 2. The van der Waals surface area contributed by atoms with Gasteiger partial charge in [-0.25, -0.2) is 4.39 Å². The molecular weight excluding hydrogens is 187 g/mol. The predicted octanol–water partition coefficient (Wildman–Crippen LogP) is 2.23. The lowest BCUT2D eigenvalue weighted by Crippen LogP contribution is -2.25. The molecule has 1 aliphatic rings. The van der Waals surface area contributed by atoms with Gasteiger partial charge in [-0.1, -0.05) is 0 Å². The zero-order chi connectivity index (χ0) is 8.27. The fraction of sp³-hybridized carbons (Fsp3) is 0.857. The van der Waals surface area contributed by atoms with Gasteiger partial charge in [-0.2, -0.15) is 11.8 Å². The first-order chi connectivity index (χ1) is 5.22. The van der Waals surface area contributed by atoms with Crippen molar-refractivity contribution in [3.63, 3.8) is 0 Å². The highest BCUT2D eigenvalue weighted by Crippen LogP contribution is 2.27. The van der Waals surface area contributed by atoms with Crippen molar-refractivity contribution in [1.82, 2.24) is 0 Å². The maximum absolute atomic E-state index is 12.9. The number of carbonyl (C=O) groups is 1. The maximum atomic E-state index is 12.9. The highest BCUT2D eigenvalue weighted by atomic mass is 35.5. The van der Waals surface area contributed by atoms with E-state index in [2.05, 4.69) is 0 Å². The van der Waals surface area contributed by atoms with Crippen molar-refractivity contribution in [2.24, 2.45) is 5.92 Å². The number of hydrogen-bond acceptors (Lipinski definition) is 2. The van der Waals surface area contributed by atoms with Crippen LogP contribution in [0.15, 0.2) is 0 Å². The van der Waals surface area contributed by atoms with Crippen LogP contribution < -0.4 is 0 Å². The van der Waals surface area contributed by atoms with Crippen LogP contribution in [0.3, 0.4) is 0 Å². The zero-order valence-electron chi connectivity index (χ0n) is 6.06. The molecule has 1 rings (SSSR count). The van der Waals surface area contributed by atoms with E-state index in [4.69, 9.17) is 11.6 Å². The van der Waals surface area contributed by atoms with Gasteiger partial charge in [-0.15, -0.1) is 0 Å². The molecule has 1 nitrogen and oxygen atoms in total. The van der Waals surface area contributed by atoms with Crippen molar-refractivity contribution in [2.75, 3.05) is 11.5 Å². The number of halogens is 2. The van der Waals surface area contributed by atoms with Crippen molar-refractivity contribution < 1.29 is 9.18 Å². The van der Waals surface area contributed by atoms with Crippen LogP contribution in [0.1, 0.15) is 12.8 Å². The molecule has 1 aliphatic heterocycles. The Morgan fingerprint density at radius 2 is 2.09 bits per heavy atom. The van der Waals surface area contributed by atoms with Crippen LogP contribution in [0.4, 0.5) is 4.39 Å². The zero-order valence-corrected chi connectivity index (χ0v) is 7.63. The molecule has 0 radical (unpaired) electrons. The van der Waals surface area contributed by atoms with Crippen molar-refractivity contribution in [2.45, 2.75) is 19.0 Å². The summed E-state index contributed by atoms with van der Waals surface area (Å²) in [7, 11) is 0. The number of hydrogen-bond donors (Lipinski definition) is 0. The van der Waals surface area contributed by atoms with Gasteiger partial charge in [0.15, 0.2) is 6.17 Å². The van der Waals surface area contributed by atoms with E-state index in [1.807, 2.05) is 0 Å². The minimum Gasteiger partial charge on any atom is -0.278 e. The van der Waals surface area contributed by atoms with Crippen LogP contribution in [0.2, 0.25) is 0 Å². The molecule has 1 unspecified atom stereocenters. The second-order valence-corrected chi connectivity index (χ2v) is 4.25. The monoisotopic (exact) mass is 196 g/mol. The third-order valence-electron chi connectivity index (χ3n) is 1.90. The van der Waals surface area contributed by atoms with Crippen molar-refractivity contribution in [3.8, 4) is 0 Å². The molecular formula is C7H10ClFOS. The minimum atomic E-state index is -1.43. The van der Waals surface area contributed by atoms with Crippen molar-refractivity contribution in [3.05, 3.63) is 0 Å². The molecule has 0 spiro atoms. The first-order valence-corrected chi connectivity index (χ1v) is 5.16. The summed E-state index contributed by atoms with van der Waals surface area (Å²) in [5, 5.41) is -0.832. The normalized spacial score (nSPS) is 23.1. The highest BCUT2D eigenvalue weighted by molar-refractivity contribution is 7.99. The summed E-state index contributed by atoms with van der Waals surface area (Å²) in [5.74, 6) is 1.78. The molecule has 1 fully saturated rings. The second kappa shape index (κ2) is 4.31. The topological polar surface area (TPSA) is 17.1 Å². The lowest BCUT2D eigenvalue weighted by Gasteiger charge is -2.22. The van der Waals surface area contributed by atoms with Crippen LogP contribution in [0.25, 0.3) is 0 Å². The van der Waals surface area contributed by atoms with Gasteiger partial charge < -0.3 is 0 Å². The Morgan fingerprint density at radius 3 is 2.55 bits per heavy atom. The Balaban J connectivity index is 2.38. The third-order valence-corrected chi connectivity index (χ3v) is 3.15. The van der Waals surface area contributed by atoms with E-state index < -0.39 is 11.4 Å². The molecule has 0 amide bonds. The Bertz CT molecular complexity index is 147. The number of alkyl halides is 1. The summed E-state index contributed by atoms with van der Waals surface area (Å²) in [6.07, 6.45) is 0.131. The molecule has 4 heteroatoms. The van der Waals surface area contributed by atoms with E-state index in [0.717, 1.165) is 24.3 Å². The fourth-order valence-electron chi connectivity index (χ4n) is 1.19. The summed E-state index contributed by atoms with van der Waals surface area (Å²) < 4.78 is 12.9. The van der Waals surface area contributed by atoms with Crippen LogP contribution >= 0.6 is 23.4 Å². The summed E-state index contributed by atoms with van der Waals surface area (Å²) in [4.78, 5) is 10.4. The van der Waals surface area contributed by atoms with Gasteiger partial charge in [0.25, 0.3) is 5.24 Å². The lowest BCUT2D eigenvalue weighted by molar-refractivity contribution is -0.117. The van der Waals surface area contributed by atoms with E-state index >= 15 is 0 Å². The smallest absolute Gasteiger partial charge is 0.256 e. The minimum absolute atomic E-state index is 0.124. The third kappa shape index (κ3) is 2.64. The molecule has 1 heterocycles. The largest absolute Gasteiger partial charge is 0.278 e. The Hall–Kier alpha value is 0.240. The molecule has 0 aromatic heterocycles. The van der Waals surface area contributed by atoms with Gasteiger partial charge in [-0.3, -0.25) is 4.79 Å². The lowest BCUT2D eigenvalue weighted by atomic mass is 9.98. The number of thioether (sulfide) groups is 1. The summed E-state index contributed by atoms with van der Waals surface area (Å²) in [6.45, 7) is 0. The van der Waals surface area contributed by atoms with Gasteiger partial charge in [0.1, 0.15) is 0 Å². The average Bonchev–Trinajstić information content (AvgIpc) is 2.05. The summed E-state index contributed by atoms with van der Waals surface area (Å²) in [5.41, 5.74) is 0. The van der Waals surface area contributed by atoms with Crippen molar-refractivity contribution in [1.29, 1.82) is 0 Å². The highest BCUT2D eigenvalue weighted by Gasteiger charge is 2.27. The van der Waals surface area contributed by atoms with E-state index in [1.54, 1.807) is 11.8 Å². The standard InChI is InChI=1S/C7H10ClFOS/c8-7(10)6(9)5-1-3-11-4-2-5/h5-6H,1-4H2. The summed E-state index contributed by atoms with van der Waals surface area (Å²) in [6, 6.07) is 0. The molecule has 0 bridgehead atoms. The van der Waals surface area contributed by atoms with Gasteiger partial charge in [0, 0.05) is 5.92 Å². The first kappa shape index (κ1) is 9.33. The Kier molecular flexibility index (Phi) is 3.66. The van der Waals surface area contributed by atoms with Gasteiger partial charge in [0.05, 0.1) is 0 Å². The molecule has 0 saturated carbocycles. The van der Waals surface area contributed by atoms with E-state index in [1.165, 1.54) is 0 Å². The van der Waals surface area contributed by atoms with E-state index in [-0.39, 0.29) is 5.92 Å². The van der Waals surface area contributed by atoms with Gasteiger partial charge >= 0.3 is 0 Å². The molecule has 0 aliphatic carbocycles. The fourth-order valence-corrected chi connectivity index (χ4v) is 2.51. The molecule has 1 atom stereocenters. The van der Waals surface area contributed by atoms with Crippen LogP contribution in [0.5, 0.6) is 0 Å². The Labute approximate surface area is 74.7 Å². The van der Waals surface area contributed by atoms with E-state index in [9.17, 15) is 9.18 Å². The average molecular weight is 197 g/mol. The van der Waals surface area contributed by atoms with Crippen molar-refractivity contribution >= 4 is 28.6 Å². The van der Waals surface area contributed by atoms with Gasteiger partial charge in [-0.05, 0) is 35.9 Å². The van der Waals surface area contributed by atoms with Gasteiger partial charge in [0.2, 0.25) is 0 Å². The predicted molar refractivity (Wildman–Crippen MR) is 45.8 cm³/mol. The molecule has 1 saturated heterocycles. The molecule has 0 aromatic carbocycles. The summed E-state index contributed by atoms with van der Waals surface area (Å²) >= 11 is 6.85. The number of carbonyl (C=O) groups excluding carboxylic acids is 1. The Morgan fingerprint density at radius 1 is 1.55 bits per heavy atom.